The van der Waals surface area contributed by atoms with Crippen LogP contribution in [0.25, 0.3) is 28.2 Å². The molecule has 2 aromatic heterocycles. The fourth-order valence-corrected chi connectivity index (χ4v) is 3.57. The van der Waals surface area contributed by atoms with Crippen LogP contribution in [0.5, 0.6) is 5.75 Å². The average Bonchev–Trinajstić information content (AvgIpc) is 3.22. The molecule has 1 N–H and O–H groups in total. The van der Waals surface area contributed by atoms with Gasteiger partial charge in [0.2, 0.25) is 0 Å². The Morgan fingerprint density at radius 1 is 1.21 bits per heavy atom. The number of aromatic nitrogens is 1. The molecule has 1 fully saturated rings. The first-order chi connectivity index (χ1) is 13.8. The Labute approximate surface area is 165 Å². The quantitative estimate of drug-likeness (QED) is 0.611. The van der Waals surface area contributed by atoms with Crippen LogP contribution in [0.2, 0.25) is 0 Å². The van der Waals surface area contributed by atoms with Gasteiger partial charge < -0.3 is 9.15 Å². The number of carbonyl (C=O) groups excluding carboxylic acids is 2. The summed E-state index contributed by atoms with van der Waals surface area (Å²) in [5.41, 5.74) is -0.0198. The van der Waals surface area contributed by atoms with Crippen LogP contribution in [0.1, 0.15) is 11.3 Å². The zero-order chi connectivity index (χ0) is 20.8. The van der Waals surface area contributed by atoms with E-state index in [4.69, 9.17) is 9.15 Å². The highest BCUT2D eigenvalue weighted by Crippen LogP contribution is 2.40. The zero-order valence-electron chi connectivity index (χ0n) is 14.7. The summed E-state index contributed by atoms with van der Waals surface area (Å²) in [4.78, 5) is 27.2. The summed E-state index contributed by atoms with van der Waals surface area (Å²) in [6.07, 6.45) is -0.318. The van der Waals surface area contributed by atoms with Gasteiger partial charge in [0, 0.05) is 29.4 Å². The summed E-state index contributed by atoms with van der Waals surface area (Å²) < 4.78 is 50.6. The molecule has 4 rings (SSSR count). The number of pyridine rings is 1. The van der Waals surface area contributed by atoms with Crippen LogP contribution in [-0.2, 0) is 11.0 Å². The molecule has 0 unspecified atom stereocenters. The number of halogens is 3. The number of imide groups is 1. The normalized spacial score (nSPS) is 15.9. The highest BCUT2D eigenvalue weighted by molar-refractivity contribution is 8.18. The molecule has 29 heavy (non-hydrogen) atoms. The molecule has 0 atom stereocenters. The number of hydrogen-bond acceptors (Lipinski definition) is 6. The third-order valence-electron chi connectivity index (χ3n) is 4.17. The number of hydrogen-bond donors (Lipinski definition) is 1. The van der Waals surface area contributed by atoms with Crippen molar-refractivity contribution < 1.29 is 31.9 Å². The maximum absolute atomic E-state index is 13.4. The number of methoxy groups -OCH3 is 1. The van der Waals surface area contributed by atoms with E-state index in [1.54, 1.807) is 6.07 Å². The van der Waals surface area contributed by atoms with E-state index in [1.165, 1.54) is 37.7 Å². The summed E-state index contributed by atoms with van der Waals surface area (Å²) in [5, 5.41) is 2.18. The van der Waals surface area contributed by atoms with Crippen LogP contribution in [-0.4, -0.2) is 23.2 Å². The Bertz CT molecular complexity index is 1180. The number of rotatable bonds is 3. The average molecular weight is 420 g/mol. The van der Waals surface area contributed by atoms with Gasteiger partial charge >= 0.3 is 6.18 Å². The Kier molecular flexibility index (Phi) is 4.58. The van der Waals surface area contributed by atoms with Crippen LogP contribution in [0.15, 0.2) is 46.0 Å². The molecular weight excluding hydrogens is 409 g/mol. The number of amides is 2. The highest BCUT2D eigenvalue weighted by atomic mass is 32.2. The van der Waals surface area contributed by atoms with Crippen molar-refractivity contribution in [2.45, 2.75) is 6.18 Å². The Morgan fingerprint density at radius 2 is 2.00 bits per heavy atom. The minimum absolute atomic E-state index is 0.160. The van der Waals surface area contributed by atoms with Crippen molar-refractivity contribution in [3.8, 4) is 16.9 Å². The van der Waals surface area contributed by atoms with Crippen LogP contribution < -0.4 is 10.1 Å². The van der Waals surface area contributed by atoms with E-state index in [0.29, 0.717) is 16.5 Å². The van der Waals surface area contributed by atoms with E-state index in [9.17, 15) is 22.8 Å². The minimum Gasteiger partial charge on any atom is -0.496 e. The largest absolute Gasteiger partial charge is 0.496 e. The molecule has 0 saturated carbocycles. The van der Waals surface area contributed by atoms with Crippen LogP contribution >= 0.6 is 11.8 Å². The Morgan fingerprint density at radius 3 is 2.66 bits per heavy atom. The minimum atomic E-state index is -4.60. The fraction of sp³-hybridized carbons (Fsp3) is 0.105. The summed E-state index contributed by atoms with van der Waals surface area (Å²) in [6, 6.07) is 5.26. The lowest BCUT2D eigenvalue weighted by atomic mass is 10.0. The molecule has 10 heteroatoms. The predicted molar refractivity (Wildman–Crippen MR) is 100 cm³/mol. The Hall–Kier alpha value is -3.27. The molecule has 1 aromatic carbocycles. The second kappa shape index (κ2) is 6.96. The van der Waals surface area contributed by atoms with Gasteiger partial charge in [0.1, 0.15) is 17.1 Å². The highest BCUT2D eigenvalue weighted by Gasteiger charge is 2.35. The summed E-state index contributed by atoms with van der Waals surface area (Å²) in [5.74, 6) is -0.560. The standard InChI is InChI=1S/C19H11F3N2O4S/c1-27-14-3-2-9(5-13(14)19(20,21)22)12-8-23-7-10-4-11(28-16(10)12)6-15-17(25)24-18(26)29-15/h2-8H,1H3,(H,24,25,26)/b15-6+. The van der Waals surface area contributed by atoms with Crippen molar-refractivity contribution in [3.63, 3.8) is 0 Å². The molecule has 1 aliphatic heterocycles. The van der Waals surface area contributed by atoms with Crippen molar-refractivity contribution >= 4 is 40.0 Å². The number of fused-ring (bicyclic) bond motifs is 1. The van der Waals surface area contributed by atoms with Gasteiger partial charge in [-0.3, -0.25) is 19.9 Å². The number of nitrogens with one attached hydrogen (secondary N) is 1. The number of thioether (sulfide) groups is 1. The number of nitrogens with zero attached hydrogens (tertiary/aromatic N) is 1. The summed E-state index contributed by atoms with van der Waals surface area (Å²) in [7, 11) is 1.17. The Balaban J connectivity index is 1.82. The molecular formula is C19H11F3N2O4S. The van der Waals surface area contributed by atoms with E-state index in [-0.39, 0.29) is 22.0 Å². The van der Waals surface area contributed by atoms with Gasteiger partial charge in [0.15, 0.2) is 0 Å². The first kappa shape index (κ1) is 19.1. The fourth-order valence-electron chi connectivity index (χ4n) is 2.91. The van der Waals surface area contributed by atoms with E-state index >= 15 is 0 Å². The second-order valence-electron chi connectivity index (χ2n) is 6.02. The number of ether oxygens (including phenoxy) is 1. The van der Waals surface area contributed by atoms with E-state index in [0.717, 1.165) is 17.8 Å². The lowest BCUT2D eigenvalue weighted by Gasteiger charge is -2.13. The van der Waals surface area contributed by atoms with Crippen LogP contribution in [0, 0.1) is 0 Å². The molecule has 0 radical (unpaired) electrons. The predicted octanol–water partition coefficient (Wildman–Crippen LogP) is 4.85. The van der Waals surface area contributed by atoms with Gasteiger partial charge in [0.25, 0.3) is 11.1 Å². The molecule has 0 bridgehead atoms. The molecule has 1 aliphatic rings. The molecule has 0 spiro atoms. The molecule has 148 valence electrons. The molecule has 3 heterocycles. The van der Waals surface area contributed by atoms with E-state index in [2.05, 4.69) is 10.3 Å². The molecule has 6 nitrogen and oxygen atoms in total. The second-order valence-corrected chi connectivity index (χ2v) is 7.03. The van der Waals surface area contributed by atoms with Gasteiger partial charge in [-0.25, -0.2) is 0 Å². The third kappa shape index (κ3) is 3.58. The van der Waals surface area contributed by atoms with Crippen LogP contribution in [0.4, 0.5) is 18.0 Å². The lowest BCUT2D eigenvalue weighted by Crippen LogP contribution is -2.17. The first-order valence-electron chi connectivity index (χ1n) is 8.14. The van der Waals surface area contributed by atoms with Crippen molar-refractivity contribution in [2.24, 2.45) is 0 Å². The monoisotopic (exact) mass is 420 g/mol. The van der Waals surface area contributed by atoms with Gasteiger partial charge in [-0.05, 0) is 35.5 Å². The topological polar surface area (TPSA) is 81.4 Å². The SMILES string of the molecule is COc1ccc(-c2cncc3cc(/C=C4/SC(=O)NC4=O)oc23)cc1C(F)(F)F. The molecule has 3 aromatic rings. The molecule has 1 saturated heterocycles. The van der Waals surface area contributed by atoms with Crippen LogP contribution in [0.3, 0.4) is 0 Å². The number of alkyl halides is 3. The third-order valence-corrected chi connectivity index (χ3v) is 4.98. The van der Waals surface area contributed by atoms with E-state index in [1.807, 2.05) is 0 Å². The molecule has 2 amide bonds. The van der Waals surface area contributed by atoms with Crippen molar-refractivity contribution in [1.82, 2.24) is 10.3 Å². The van der Waals surface area contributed by atoms with Crippen molar-refractivity contribution in [2.75, 3.05) is 7.11 Å². The lowest BCUT2D eigenvalue weighted by molar-refractivity contribution is -0.138. The summed E-state index contributed by atoms with van der Waals surface area (Å²) in [6.45, 7) is 0. The molecule has 0 aliphatic carbocycles. The maximum atomic E-state index is 13.4. The zero-order valence-corrected chi connectivity index (χ0v) is 15.5. The number of furan rings is 1. The van der Waals surface area contributed by atoms with Gasteiger partial charge in [-0.1, -0.05) is 6.07 Å². The number of carbonyl (C=O) groups is 2. The smallest absolute Gasteiger partial charge is 0.419 e. The number of benzene rings is 1. The van der Waals surface area contributed by atoms with Gasteiger partial charge in [-0.2, -0.15) is 13.2 Å². The summed E-state index contributed by atoms with van der Waals surface area (Å²) >= 11 is 0.735. The first-order valence-corrected chi connectivity index (χ1v) is 8.96. The van der Waals surface area contributed by atoms with Gasteiger partial charge in [-0.15, -0.1) is 0 Å². The van der Waals surface area contributed by atoms with Gasteiger partial charge in [0.05, 0.1) is 17.6 Å². The van der Waals surface area contributed by atoms with Crippen molar-refractivity contribution in [1.29, 1.82) is 0 Å². The van der Waals surface area contributed by atoms with E-state index < -0.39 is 22.9 Å². The maximum Gasteiger partial charge on any atom is 0.419 e. The van der Waals surface area contributed by atoms with Crippen molar-refractivity contribution in [3.05, 3.63) is 52.9 Å².